The third-order valence-corrected chi connectivity index (χ3v) is 2.49. The summed E-state index contributed by atoms with van der Waals surface area (Å²) >= 11 is 0. The Kier molecular flexibility index (Phi) is 2.97. The maximum Gasteiger partial charge on any atom is 0.134 e. The zero-order chi connectivity index (χ0) is 11.5. The maximum absolute atomic E-state index is 9.31. The lowest BCUT2D eigenvalue weighted by Gasteiger charge is -2.07. The lowest BCUT2D eigenvalue weighted by molar-refractivity contribution is 0.281. The molecule has 2 rings (SSSR count). The van der Waals surface area contributed by atoms with Crippen LogP contribution in [0.3, 0.4) is 0 Å². The molecule has 0 aliphatic heterocycles. The first-order valence-electron chi connectivity index (χ1n) is 5.09. The Balaban J connectivity index is 2.48. The monoisotopic (exact) mass is 218 g/mol. The van der Waals surface area contributed by atoms with Crippen LogP contribution in [0, 0.1) is 6.92 Å². The number of aliphatic hydroxyl groups excluding tert-OH is 1. The Labute approximate surface area is 94.3 Å². The molecule has 0 saturated heterocycles. The normalized spacial score (nSPS) is 10.4. The summed E-state index contributed by atoms with van der Waals surface area (Å²) in [6.07, 6.45) is 0. The molecule has 0 radical (unpaired) electrons. The molecule has 0 unspecified atom stereocenters. The van der Waals surface area contributed by atoms with Crippen molar-refractivity contribution >= 4 is 0 Å². The van der Waals surface area contributed by atoms with E-state index in [9.17, 15) is 5.11 Å². The number of aryl methyl sites for hydroxylation is 1. The van der Waals surface area contributed by atoms with Crippen LogP contribution in [0.2, 0.25) is 0 Å². The fraction of sp³-hybridized carbons (Fsp3) is 0.231. The molecule has 0 bridgehead atoms. The molecule has 0 aliphatic rings. The van der Waals surface area contributed by atoms with Crippen molar-refractivity contribution in [2.75, 3.05) is 7.11 Å². The van der Waals surface area contributed by atoms with Gasteiger partial charge in [0.15, 0.2) is 0 Å². The third kappa shape index (κ3) is 1.95. The molecule has 1 N–H and O–H groups in total. The van der Waals surface area contributed by atoms with Gasteiger partial charge in [0.1, 0.15) is 17.3 Å². The maximum atomic E-state index is 9.31. The third-order valence-electron chi connectivity index (χ3n) is 2.49. The number of hydrogen-bond acceptors (Lipinski definition) is 3. The van der Waals surface area contributed by atoms with Gasteiger partial charge in [-0.3, -0.25) is 0 Å². The number of rotatable bonds is 3. The Morgan fingerprint density at radius 3 is 2.62 bits per heavy atom. The fourth-order valence-electron chi connectivity index (χ4n) is 1.65. The second-order valence-corrected chi connectivity index (χ2v) is 3.59. The van der Waals surface area contributed by atoms with Crippen molar-refractivity contribution in [1.82, 2.24) is 0 Å². The standard InChI is InChI=1S/C13H14O3/c1-9-3-6-13(16-9)12-5-4-11(15-2)7-10(12)8-14/h3-7,14H,8H2,1-2H3. The first-order chi connectivity index (χ1) is 7.74. The first kappa shape index (κ1) is 10.8. The summed E-state index contributed by atoms with van der Waals surface area (Å²) in [5.74, 6) is 2.36. The van der Waals surface area contributed by atoms with Crippen LogP contribution in [0.25, 0.3) is 11.3 Å². The zero-order valence-corrected chi connectivity index (χ0v) is 9.36. The molecule has 3 heteroatoms. The average Bonchev–Trinajstić information content (AvgIpc) is 2.74. The minimum atomic E-state index is -0.0354. The van der Waals surface area contributed by atoms with Crippen molar-refractivity contribution in [1.29, 1.82) is 0 Å². The number of aliphatic hydroxyl groups is 1. The lowest BCUT2D eigenvalue weighted by Crippen LogP contribution is -1.91. The molecule has 0 fully saturated rings. The van der Waals surface area contributed by atoms with Crippen molar-refractivity contribution in [2.45, 2.75) is 13.5 Å². The van der Waals surface area contributed by atoms with Gasteiger partial charge in [0, 0.05) is 5.56 Å². The van der Waals surface area contributed by atoms with Gasteiger partial charge in [0.2, 0.25) is 0 Å². The van der Waals surface area contributed by atoms with Gasteiger partial charge < -0.3 is 14.3 Å². The second-order valence-electron chi connectivity index (χ2n) is 3.59. The van der Waals surface area contributed by atoms with Crippen LogP contribution in [0.4, 0.5) is 0 Å². The van der Waals surface area contributed by atoms with Gasteiger partial charge in [-0.25, -0.2) is 0 Å². The molecular weight excluding hydrogens is 204 g/mol. The van der Waals surface area contributed by atoms with Gasteiger partial charge in [-0.15, -0.1) is 0 Å². The Hall–Kier alpha value is -1.74. The molecule has 3 nitrogen and oxygen atoms in total. The highest BCUT2D eigenvalue weighted by Gasteiger charge is 2.09. The second kappa shape index (κ2) is 4.41. The van der Waals surface area contributed by atoms with E-state index in [0.717, 1.165) is 28.4 Å². The highest BCUT2D eigenvalue weighted by Crippen LogP contribution is 2.28. The van der Waals surface area contributed by atoms with E-state index in [2.05, 4.69) is 0 Å². The van der Waals surface area contributed by atoms with E-state index in [4.69, 9.17) is 9.15 Å². The van der Waals surface area contributed by atoms with Crippen LogP contribution in [0.5, 0.6) is 5.75 Å². The van der Waals surface area contributed by atoms with E-state index in [1.54, 1.807) is 7.11 Å². The molecule has 0 saturated carbocycles. The van der Waals surface area contributed by atoms with Crippen LogP contribution in [-0.2, 0) is 6.61 Å². The lowest BCUT2D eigenvalue weighted by atomic mass is 10.1. The molecule has 0 amide bonds. The van der Waals surface area contributed by atoms with Gasteiger partial charge >= 0.3 is 0 Å². The van der Waals surface area contributed by atoms with Crippen molar-refractivity contribution in [2.24, 2.45) is 0 Å². The summed E-state index contributed by atoms with van der Waals surface area (Å²) in [6, 6.07) is 9.36. The van der Waals surface area contributed by atoms with Crippen LogP contribution in [0.1, 0.15) is 11.3 Å². The smallest absolute Gasteiger partial charge is 0.134 e. The molecule has 2 aromatic rings. The average molecular weight is 218 g/mol. The number of furan rings is 1. The number of ether oxygens (including phenoxy) is 1. The number of methoxy groups -OCH3 is 1. The van der Waals surface area contributed by atoms with Crippen molar-refractivity contribution in [3.63, 3.8) is 0 Å². The molecule has 16 heavy (non-hydrogen) atoms. The molecule has 1 aromatic carbocycles. The predicted octanol–water partition coefficient (Wildman–Crippen LogP) is 2.76. The fourth-order valence-corrected chi connectivity index (χ4v) is 1.65. The van der Waals surface area contributed by atoms with Crippen molar-refractivity contribution in [3.05, 3.63) is 41.7 Å². The Morgan fingerprint density at radius 1 is 1.25 bits per heavy atom. The quantitative estimate of drug-likeness (QED) is 0.861. The van der Waals surface area contributed by atoms with E-state index in [-0.39, 0.29) is 6.61 Å². The highest BCUT2D eigenvalue weighted by molar-refractivity contribution is 5.63. The predicted molar refractivity (Wildman–Crippen MR) is 61.4 cm³/mol. The summed E-state index contributed by atoms with van der Waals surface area (Å²) in [5.41, 5.74) is 1.70. The minimum absolute atomic E-state index is 0.0354. The summed E-state index contributed by atoms with van der Waals surface area (Å²) < 4.78 is 10.6. The van der Waals surface area contributed by atoms with E-state index in [1.807, 2.05) is 37.3 Å². The largest absolute Gasteiger partial charge is 0.497 e. The summed E-state index contributed by atoms with van der Waals surface area (Å²) in [5, 5.41) is 9.31. The van der Waals surface area contributed by atoms with E-state index in [1.165, 1.54) is 0 Å². The van der Waals surface area contributed by atoms with E-state index in [0.29, 0.717) is 0 Å². The molecule has 0 atom stereocenters. The Bertz CT molecular complexity index is 486. The van der Waals surface area contributed by atoms with Gasteiger partial charge in [-0.05, 0) is 42.8 Å². The number of hydrogen-bond donors (Lipinski definition) is 1. The van der Waals surface area contributed by atoms with Crippen molar-refractivity contribution < 1.29 is 14.3 Å². The number of benzene rings is 1. The van der Waals surface area contributed by atoms with Gasteiger partial charge in [0.05, 0.1) is 13.7 Å². The van der Waals surface area contributed by atoms with Crippen LogP contribution < -0.4 is 4.74 Å². The summed E-state index contributed by atoms with van der Waals surface area (Å²) in [4.78, 5) is 0. The van der Waals surface area contributed by atoms with Crippen molar-refractivity contribution in [3.8, 4) is 17.1 Å². The van der Waals surface area contributed by atoms with Crippen LogP contribution in [-0.4, -0.2) is 12.2 Å². The SMILES string of the molecule is COc1ccc(-c2ccc(C)o2)c(CO)c1. The first-order valence-corrected chi connectivity index (χ1v) is 5.09. The zero-order valence-electron chi connectivity index (χ0n) is 9.36. The minimum Gasteiger partial charge on any atom is -0.497 e. The summed E-state index contributed by atoms with van der Waals surface area (Å²) in [7, 11) is 1.60. The summed E-state index contributed by atoms with van der Waals surface area (Å²) in [6.45, 7) is 1.86. The van der Waals surface area contributed by atoms with E-state index < -0.39 is 0 Å². The molecule has 84 valence electrons. The van der Waals surface area contributed by atoms with Crippen LogP contribution in [0.15, 0.2) is 34.7 Å². The topological polar surface area (TPSA) is 42.6 Å². The van der Waals surface area contributed by atoms with Gasteiger partial charge in [-0.2, -0.15) is 0 Å². The van der Waals surface area contributed by atoms with Gasteiger partial charge in [-0.1, -0.05) is 0 Å². The molecule has 0 spiro atoms. The molecule has 0 aliphatic carbocycles. The van der Waals surface area contributed by atoms with Gasteiger partial charge in [0.25, 0.3) is 0 Å². The molecule has 1 aromatic heterocycles. The van der Waals surface area contributed by atoms with Crippen LogP contribution >= 0.6 is 0 Å². The van der Waals surface area contributed by atoms with E-state index >= 15 is 0 Å². The molecular formula is C13H14O3. The Morgan fingerprint density at radius 2 is 2.06 bits per heavy atom. The highest BCUT2D eigenvalue weighted by atomic mass is 16.5. The molecule has 1 heterocycles.